The molecule has 166 valence electrons. The highest BCUT2D eigenvalue weighted by molar-refractivity contribution is 5.91. The number of hydrogen-bond donors (Lipinski definition) is 1. The molecule has 0 unspecified atom stereocenters. The predicted molar refractivity (Wildman–Crippen MR) is 115 cm³/mol. The SMILES string of the molecule is CCOc1ccc(C(=O)Oc2ccc3c(c2)OC(N)=C(C#N)[C@H]3c2ccc(F)cc2F)cc1. The van der Waals surface area contributed by atoms with Crippen LogP contribution in [-0.4, -0.2) is 12.6 Å². The third-order valence-electron chi connectivity index (χ3n) is 5.08. The monoisotopic (exact) mass is 448 g/mol. The Morgan fingerprint density at radius 2 is 1.76 bits per heavy atom. The van der Waals surface area contributed by atoms with E-state index in [1.54, 1.807) is 30.3 Å². The summed E-state index contributed by atoms with van der Waals surface area (Å²) in [7, 11) is 0. The van der Waals surface area contributed by atoms with E-state index in [4.69, 9.17) is 19.9 Å². The molecule has 0 saturated carbocycles. The predicted octanol–water partition coefficient (Wildman–Crippen LogP) is 4.80. The molecular weight excluding hydrogens is 430 g/mol. The van der Waals surface area contributed by atoms with Gasteiger partial charge in [-0.3, -0.25) is 0 Å². The number of carbonyl (C=O) groups is 1. The molecule has 2 N–H and O–H groups in total. The maximum Gasteiger partial charge on any atom is 0.343 e. The number of carbonyl (C=O) groups excluding carboxylic acids is 1. The van der Waals surface area contributed by atoms with E-state index in [1.807, 2.05) is 13.0 Å². The number of fused-ring (bicyclic) bond motifs is 1. The molecule has 8 heteroatoms. The Morgan fingerprint density at radius 1 is 1.06 bits per heavy atom. The van der Waals surface area contributed by atoms with Gasteiger partial charge in [0, 0.05) is 23.3 Å². The van der Waals surface area contributed by atoms with Gasteiger partial charge in [0.1, 0.15) is 40.5 Å². The number of esters is 1. The van der Waals surface area contributed by atoms with Gasteiger partial charge in [0.2, 0.25) is 5.88 Å². The summed E-state index contributed by atoms with van der Waals surface area (Å²) in [5.41, 5.74) is 6.71. The summed E-state index contributed by atoms with van der Waals surface area (Å²) < 4.78 is 44.3. The van der Waals surface area contributed by atoms with Crippen molar-refractivity contribution in [3.63, 3.8) is 0 Å². The number of rotatable bonds is 5. The first-order valence-electron chi connectivity index (χ1n) is 10.0. The molecule has 33 heavy (non-hydrogen) atoms. The highest BCUT2D eigenvalue weighted by Crippen LogP contribution is 2.44. The lowest BCUT2D eigenvalue weighted by atomic mass is 9.83. The second-order valence-corrected chi connectivity index (χ2v) is 7.14. The van der Waals surface area contributed by atoms with Crippen molar-refractivity contribution in [1.29, 1.82) is 5.26 Å². The van der Waals surface area contributed by atoms with Crippen LogP contribution in [0.1, 0.15) is 34.3 Å². The fraction of sp³-hybridized carbons (Fsp3) is 0.120. The molecule has 0 fully saturated rings. The van der Waals surface area contributed by atoms with E-state index >= 15 is 0 Å². The molecule has 0 aromatic heterocycles. The summed E-state index contributed by atoms with van der Waals surface area (Å²) >= 11 is 0. The summed E-state index contributed by atoms with van der Waals surface area (Å²) in [6, 6.07) is 16.0. The standard InChI is InChI=1S/C25H18F2N2O4/c1-2-31-16-6-3-14(4-7-16)25(30)32-17-8-10-19-22(12-17)33-24(29)20(13-28)23(19)18-9-5-15(26)11-21(18)27/h3-12,23H,2,29H2,1H3/t23-/m0/s1. The summed E-state index contributed by atoms with van der Waals surface area (Å²) in [6.45, 7) is 2.36. The van der Waals surface area contributed by atoms with Gasteiger partial charge in [-0.05, 0) is 43.3 Å². The lowest BCUT2D eigenvalue weighted by molar-refractivity contribution is 0.0734. The molecule has 0 aliphatic carbocycles. The Kier molecular flexibility index (Phi) is 5.96. The van der Waals surface area contributed by atoms with Crippen LogP contribution >= 0.6 is 0 Å². The second-order valence-electron chi connectivity index (χ2n) is 7.14. The van der Waals surface area contributed by atoms with Crippen molar-refractivity contribution in [2.45, 2.75) is 12.8 Å². The molecule has 3 aromatic carbocycles. The van der Waals surface area contributed by atoms with Gasteiger partial charge in [0.15, 0.2) is 0 Å². The first-order chi connectivity index (χ1) is 15.9. The van der Waals surface area contributed by atoms with Crippen molar-refractivity contribution in [3.05, 3.63) is 100 Å². The Hall–Kier alpha value is -4.38. The fourth-order valence-electron chi connectivity index (χ4n) is 3.57. The van der Waals surface area contributed by atoms with E-state index in [1.165, 1.54) is 18.2 Å². The quantitative estimate of drug-likeness (QED) is 0.445. The smallest absolute Gasteiger partial charge is 0.343 e. The van der Waals surface area contributed by atoms with Crippen LogP contribution in [0.15, 0.2) is 72.1 Å². The topological polar surface area (TPSA) is 94.6 Å². The first-order valence-corrected chi connectivity index (χ1v) is 10.0. The molecule has 0 amide bonds. The number of halogens is 2. The van der Waals surface area contributed by atoms with Crippen LogP contribution in [0.25, 0.3) is 0 Å². The molecule has 1 heterocycles. The zero-order valence-electron chi connectivity index (χ0n) is 17.5. The van der Waals surface area contributed by atoms with Gasteiger partial charge in [-0.15, -0.1) is 0 Å². The lowest BCUT2D eigenvalue weighted by Gasteiger charge is -2.27. The number of hydrogen-bond acceptors (Lipinski definition) is 6. The Morgan fingerprint density at radius 3 is 2.42 bits per heavy atom. The Balaban J connectivity index is 1.65. The highest BCUT2D eigenvalue weighted by Gasteiger charge is 2.33. The normalized spacial score (nSPS) is 14.7. The van der Waals surface area contributed by atoms with Crippen molar-refractivity contribution >= 4 is 5.97 Å². The average molecular weight is 448 g/mol. The molecule has 0 radical (unpaired) electrons. The van der Waals surface area contributed by atoms with Crippen LogP contribution in [0.3, 0.4) is 0 Å². The largest absolute Gasteiger partial charge is 0.494 e. The molecule has 1 aliphatic rings. The van der Waals surface area contributed by atoms with E-state index < -0.39 is 23.5 Å². The molecule has 0 spiro atoms. The van der Waals surface area contributed by atoms with Gasteiger partial charge in [0.05, 0.1) is 18.1 Å². The van der Waals surface area contributed by atoms with Crippen molar-refractivity contribution in [2.75, 3.05) is 6.61 Å². The van der Waals surface area contributed by atoms with E-state index in [2.05, 4.69) is 0 Å². The molecule has 1 atom stereocenters. The Bertz CT molecular complexity index is 1300. The maximum absolute atomic E-state index is 14.5. The molecular formula is C25H18F2N2O4. The third kappa shape index (κ3) is 4.34. The number of allylic oxidation sites excluding steroid dienone is 1. The van der Waals surface area contributed by atoms with Crippen LogP contribution in [0.4, 0.5) is 8.78 Å². The van der Waals surface area contributed by atoms with E-state index in [-0.39, 0.29) is 28.5 Å². The van der Waals surface area contributed by atoms with Gasteiger partial charge >= 0.3 is 5.97 Å². The third-order valence-corrected chi connectivity index (χ3v) is 5.08. The van der Waals surface area contributed by atoms with Crippen molar-refractivity contribution in [3.8, 4) is 23.3 Å². The van der Waals surface area contributed by atoms with E-state index in [0.29, 0.717) is 23.5 Å². The zero-order chi connectivity index (χ0) is 23.5. The molecule has 3 aromatic rings. The Labute approximate surface area is 188 Å². The molecule has 0 bridgehead atoms. The number of benzene rings is 3. The zero-order valence-corrected chi connectivity index (χ0v) is 17.5. The summed E-state index contributed by atoms with van der Waals surface area (Å²) in [4.78, 5) is 12.5. The second kappa shape index (κ2) is 9.01. The highest BCUT2D eigenvalue weighted by atomic mass is 19.1. The van der Waals surface area contributed by atoms with Crippen LogP contribution in [0, 0.1) is 23.0 Å². The summed E-state index contributed by atoms with van der Waals surface area (Å²) in [6.07, 6.45) is 0. The van der Waals surface area contributed by atoms with Gasteiger partial charge < -0.3 is 19.9 Å². The van der Waals surface area contributed by atoms with Gasteiger partial charge in [-0.1, -0.05) is 12.1 Å². The van der Waals surface area contributed by atoms with Crippen molar-refractivity contribution in [2.24, 2.45) is 5.73 Å². The number of nitriles is 1. The number of nitrogens with zero attached hydrogens (tertiary/aromatic N) is 1. The van der Waals surface area contributed by atoms with Crippen LogP contribution < -0.4 is 19.9 Å². The van der Waals surface area contributed by atoms with E-state index in [9.17, 15) is 18.8 Å². The lowest BCUT2D eigenvalue weighted by Crippen LogP contribution is -2.22. The van der Waals surface area contributed by atoms with Gasteiger partial charge in [0.25, 0.3) is 0 Å². The number of ether oxygens (including phenoxy) is 3. The minimum absolute atomic E-state index is 0.00728. The van der Waals surface area contributed by atoms with Crippen LogP contribution in [-0.2, 0) is 0 Å². The first kappa shape index (κ1) is 21.8. The average Bonchev–Trinajstić information content (AvgIpc) is 2.79. The molecule has 1 aliphatic heterocycles. The van der Waals surface area contributed by atoms with Gasteiger partial charge in [-0.2, -0.15) is 5.26 Å². The van der Waals surface area contributed by atoms with Gasteiger partial charge in [-0.25, -0.2) is 13.6 Å². The fourth-order valence-corrected chi connectivity index (χ4v) is 3.57. The maximum atomic E-state index is 14.5. The van der Waals surface area contributed by atoms with Crippen molar-refractivity contribution < 1.29 is 27.8 Å². The van der Waals surface area contributed by atoms with Crippen molar-refractivity contribution in [1.82, 2.24) is 0 Å². The molecule has 0 saturated heterocycles. The van der Waals surface area contributed by atoms with Crippen LogP contribution in [0.2, 0.25) is 0 Å². The molecule has 6 nitrogen and oxygen atoms in total. The van der Waals surface area contributed by atoms with Crippen LogP contribution in [0.5, 0.6) is 17.2 Å². The minimum atomic E-state index is -0.907. The molecule has 4 rings (SSSR count). The minimum Gasteiger partial charge on any atom is -0.494 e. The number of nitrogens with two attached hydrogens (primary N) is 1. The van der Waals surface area contributed by atoms with E-state index in [0.717, 1.165) is 12.1 Å². The summed E-state index contributed by atoms with van der Waals surface area (Å²) in [5.74, 6) is -2.29. The summed E-state index contributed by atoms with van der Waals surface area (Å²) in [5, 5.41) is 9.57.